The van der Waals surface area contributed by atoms with Gasteiger partial charge in [-0.1, -0.05) is 117 Å². The van der Waals surface area contributed by atoms with Gasteiger partial charge >= 0.3 is 35.8 Å². The number of hydrogen-bond acceptors (Lipinski definition) is 11. The summed E-state index contributed by atoms with van der Waals surface area (Å²) in [6.07, 6.45) is 15.2. The summed E-state index contributed by atoms with van der Waals surface area (Å²) in [5.41, 5.74) is -5.02. The third kappa shape index (κ3) is 27.5. The number of carboxylic acids is 3. The van der Waals surface area contributed by atoms with Crippen molar-refractivity contribution in [3.8, 4) is 0 Å². The highest BCUT2D eigenvalue weighted by Gasteiger charge is 2.43. The van der Waals surface area contributed by atoms with Crippen molar-refractivity contribution in [1.82, 2.24) is 0 Å². The van der Waals surface area contributed by atoms with Gasteiger partial charge in [0.1, 0.15) is 0 Å². The summed E-state index contributed by atoms with van der Waals surface area (Å²) in [4.78, 5) is 68.0. The number of aliphatic carboxylic acids is 3. The van der Waals surface area contributed by atoms with Gasteiger partial charge in [-0.25, -0.2) is 9.59 Å². The second-order valence-corrected chi connectivity index (χ2v) is 12.7. The van der Waals surface area contributed by atoms with Gasteiger partial charge in [0.2, 0.25) is 0 Å². The molecule has 0 aromatic rings. The maximum absolute atomic E-state index is 12.7. The molecule has 50 heavy (non-hydrogen) atoms. The molecule has 5 N–H and O–H groups in total. The van der Waals surface area contributed by atoms with Crippen molar-refractivity contribution in [1.29, 1.82) is 0 Å². The zero-order chi connectivity index (χ0) is 38.3. The molecule has 0 saturated carbocycles. The van der Waals surface area contributed by atoms with E-state index >= 15 is 0 Å². The minimum Gasteiger partial charge on any atom is -0.481 e. The number of carbonyl (C=O) groups is 6. The number of carboxylic acid groups (broad SMARTS) is 3. The SMILES string of the molecule is CCCCCCCCOC(=O)CC(O)(CC(=O)OCCCCCCCC)C(=O)OCCCCCCCC.O=C(O)CC(O)(CC(=O)O)C(=O)O. The molecule has 0 radical (unpaired) electrons. The molecule has 0 fully saturated rings. The Bertz CT molecular complexity index is 916. The average molecular weight is 721 g/mol. The van der Waals surface area contributed by atoms with E-state index in [1.165, 1.54) is 32.1 Å². The lowest BCUT2D eigenvalue weighted by Gasteiger charge is -2.24. The van der Waals surface area contributed by atoms with Gasteiger partial charge in [-0.3, -0.25) is 19.2 Å². The van der Waals surface area contributed by atoms with Gasteiger partial charge in [0, 0.05) is 0 Å². The first-order chi connectivity index (χ1) is 23.7. The smallest absolute Gasteiger partial charge is 0.339 e. The van der Waals surface area contributed by atoms with Crippen LogP contribution in [0.5, 0.6) is 0 Å². The van der Waals surface area contributed by atoms with E-state index in [9.17, 15) is 33.9 Å². The van der Waals surface area contributed by atoms with Crippen molar-refractivity contribution in [3.63, 3.8) is 0 Å². The third-order valence-corrected chi connectivity index (χ3v) is 7.79. The van der Waals surface area contributed by atoms with E-state index in [0.717, 1.165) is 77.0 Å². The summed E-state index contributed by atoms with van der Waals surface area (Å²) < 4.78 is 15.8. The van der Waals surface area contributed by atoms with Crippen LogP contribution in [0.2, 0.25) is 0 Å². The van der Waals surface area contributed by atoms with Crippen LogP contribution in [-0.2, 0) is 43.0 Å². The van der Waals surface area contributed by atoms with Gasteiger partial charge in [0.15, 0.2) is 11.2 Å². The van der Waals surface area contributed by atoms with Crippen LogP contribution in [0.25, 0.3) is 0 Å². The van der Waals surface area contributed by atoms with Gasteiger partial charge in [0.05, 0.1) is 45.5 Å². The van der Waals surface area contributed by atoms with Crippen LogP contribution in [0.1, 0.15) is 162 Å². The second kappa shape index (κ2) is 30.6. The van der Waals surface area contributed by atoms with Gasteiger partial charge in [-0.15, -0.1) is 0 Å². The number of esters is 3. The third-order valence-electron chi connectivity index (χ3n) is 7.79. The Labute approximate surface area is 297 Å². The zero-order valence-electron chi connectivity index (χ0n) is 30.6. The summed E-state index contributed by atoms with van der Waals surface area (Å²) >= 11 is 0. The molecule has 292 valence electrons. The van der Waals surface area contributed by atoms with Gasteiger partial charge < -0.3 is 39.7 Å². The molecule has 0 bridgehead atoms. The quantitative estimate of drug-likeness (QED) is 0.0316. The summed E-state index contributed by atoms with van der Waals surface area (Å²) in [6, 6.07) is 0. The maximum Gasteiger partial charge on any atom is 0.339 e. The molecule has 14 heteroatoms. The number of rotatable bonds is 31. The fourth-order valence-corrected chi connectivity index (χ4v) is 4.82. The van der Waals surface area contributed by atoms with Crippen LogP contribution < -0.4 is 0 Å². The van der Waals surface area contributed by atoms with E-state index < -0.39 is 72.7 Å². The zero-order valence-corrected chi connectivity index (χ0v) is 30.6. The maximum atomic E-state index is 12.7. The van der Waals surface area contributed by atoms with Crippen molar-refractivity contribution < 1.29 is 68.5 Å². The number of hydrogen-bond donors (Lipinski definition) is 5. The Morgan fingerprint density at radius 1 is 0.420 bits per heavy atom. The fraction of sp³-hybridized carbons (Fsp3) is 0.833. The van der Waals surface area contributed by atoms with Crippen LogP contribution >= 0.6 is 0 Å². The van der Waals surface area contributed by atoms with Crippen molar-refractivity contribution in [2.75, 3.05) is 19.8 Å². The van der Waals surface area contributed by atoms with E-state index in [-0.39, 0.29) is 19.8 Å². The number of carbonyl (C=O) groups excluding carboxylic acids is 3. The number of unbranched alkanes of at least 4 members (excludes halogenated alkanes) is 15. The minimum atomic E-state index is -2.74. The highest BCUT2D eigenvalue weighted by atomic mass is 16.6. The minimum absolute atomic E-state index is 0.146. The molecule has 0 aliphatic carbocycles. The highest BCUT2D eigenvalue weighted by Crippen LogP contribution is 2.21. The Morgan fingerprint density at radius 2 is 0.720 bits per heavy atom. The molecular formula is C36H64O14. The summed E-state index contributed by atoms with van der Waals surface area (Å²) in [5.74, 6) is -7.41. The lowest BCUT2D eigenvalue weighted by molar-refractivity contribution is -0.178. The standard InChI is InChI=1S/C30H56O7.C6H8O7/c1-4-7-10-13-16-19-22-35-27(31)25-30(34,29(33)37-24-21-18-15-12-9-6-3)26-28(32)36-23-20-17-14-11-8-5-2;7-3(8)1-6(13,5(11)12)2-4(9)10/h34H,4-26H2,1-3H3;13H,1-2H2,(H,7,8)(H,9,10)(H,11,12). The summed E-state index contributed by atoms with van der Waals surface area (Å²) in [5, 5.41) is 44.8. The van der Waals surface area contributed by atoms with Crippen molar-refractivity contribution >= 4 is 35.8 Å². The van der Waals surface area contributed by atoms with Crippen LogP contribution in [-0.4, -0.2) is 92.4 Å². The van der Waals surface area contributed by atoms with Gasteiger partial charge in [0.25, 0.3) is 0 Å². The molecule has 0 heterocycles. The van der Waals surface area contributed by atoms with Crippen molar-refractivity contribution in [2.24, 2.45) is 0 Å². The molecule has 0 rings (SSSR count). The Morgan fingerprint density at radius 3 is 1.02 bits per heavy atom. The van der Waals surface area contributed by atoms with Gasteiger partial charge in [-0.05, 0) is 19.3 Å². The number of ether oxygens (including phenoxy) is 3. The lowest BCUT2D eigenvalue weighted by Crippen LogP contribution is -2.45. The average Bonchev–Trinajstić information content (AvgIpc) is 3.02. The first kappa shape index (κ1) is 48.9. The molecular weight excluding hydrogens is 656 g/mol. The normalized spacial score (nSPS) is 11.2. The first-order valence-corrected chi connectivity index (χ1v) is 18.3. The van der Waals surface area contributed by atoms with Crippen LogP contribution in [0, 0.1) is 0 Å². The molecule has 0 atom stereocenters. The summed E-state index contributed by atoms with van der Waals surface area (Å²) in [6.45, 7) is 7.08. The lowest BCUT2D eigenvalue weighted by atomic mass is 9.95. The molecule has 0 aromatic heterocycles. The number of aliphatic hydroxyl groups is 2. The summed E-state index contributed by atoms with van der Waals surface area (Å²) in [7, 11) is 0. The second-order valence-electron chi connectivity index (χ2n) is 12.7. The van der Waals surface area contributed by atoms with E-state index in [2.05, 4.69) is 20.8 Å². The van der Waals surface area contributed by atoms with E-state index in [0.29, 0.717) is 6.42 Å². The predicted molar refractivity (Wildman–Crippen MR) is 184 cm³/mol. The molecule has 0 aromatic carbocycles. The van der Waals surface area contributed by atoms with Crippen LogP contribution in [0.3, 0.4) is 0 Å². The van der Waals surface area contributed by atoms with E-state index in [4.69, 9.17) is 34.6 Å². The van der Waals surface area contributed by atoms with E-state index in [1.54, 1.807) is 0 Å². The van der Waals surface area contributed by atoms with Gasteiger partial charge in [-0.2, -0.15) is 0 Å². The van der Waals surface area contributed by atoms with Crippen molar-refractivity contribution in [3.05, 3.63) is 0 Å². The largest absolute Gasteiger partial charge is 0.481 e. The molecule has 0 amide bonds. The topological polar surface area (TPSA) is 231 Å². The first-order valence-electron chi connectivity index (χ1n) is 18.3. The molecule has 0 aliphatic heterocycles. The fourth-order valence-electron chi connectivity index (χ4n) is 4.82. The highest BCUT2D eigenvalue weighted by molar-refractivity contribution is 5.90. The molecule has 0 unspecified atom stereocenters. The van der Waals surface area contributed by atoms with Crippen molar-refractivity contribution in [2.45, 2.75) is 173 Å². The predicted octanol–water partition coefficient (Wildman–Crippen LogP) is 5.96. The molecule has 0 aliphatic rings. The molecule has 0 saturated heterocycles. The Balaban J connectivity index is 0. The monoisotopic (exact) mass is 720 g/mol. The van der Waals surface area contributed by atoms with Crippen LogP contribution in [0.4, 0.5) is 0 Å². The Hall–Kier alpha value is -3.26. The van der Waals surface area contributed by atoms with E-state index in [1.807, 2.05) is 0 Å². The molecule has 14 nitrogen and oxygen atoms in total. The molecule has 0 spiro atoms. The van der Waals surface area contributed by atoms with Crippen LogP contribution in [0.15, 0.2) is 0 Å². The Kier molecular flexibility index (Phi) is 29.9.